The average Bonchev–Trinajstić information content (AvgIpc) is 3.40. The molecule has 27 heavy (non-hydrogen) atoms. The van der Waals surface area contributed by atoms with E-state index in [2.05, 4.69) is 10.6 Å². The van der Waals surface area contributed by atoms with E-state index in [1.165, 1.54) is 12.8 Å². The van der Waals surface area contributed by atoms with Crippen LogP contribution in [-0.2, 0) is 4.79 Å². The molecule has 146 valence electrons. The van der Waals surface area contributed by atoms with Crippen molar-refractivity contribution in [3.05, 3.63) is 35.9 Å². The lowest BCUT2D eigenvalue weighted by Gasteiger charge is -2.55. The number of carbonyl (C=O) groups is 2. The van der Waals surface area contributed by atoms with Crippen molar-refractivity contribution in [3.63, 3.8) is 0 Å². The molecule has 4 rings (SSSR count). The minimum absolute atomic E-state index is 0.0469. The number of urea groups is 1. The van der Waals surface area contributed by atoms with E-state index in [1.54, 1.807) is 0 Å². The van der Waals surface area contributed by atoms with Crippen molar-refractivity contribution in [2.45, 2.75) is 62.6 Å². The van der Waals surface area contributed by atoms with E-state index in [0.29, 0.717) is 6.54 Å². The van der Waals surface area contributed by atoms with Crippen molar-refractivity contribution >= 4 is 11.9 Å². The molecule has 3 amide bonds. The predicted octanol–water partition coefficient (Wildman–Crippen LogP) is 1.99. The maximum absolute atomic E-state index is 12.8. The summed E-state index contributed by atoms with van der Waals surface area (Å²) in [4.78, 5) is 26.9. The molecule has 2 aliphatic carbocycles. The Morgan fingerprint density at radius 3 is 2.37 bits per heavy atom. The highest BCUT2D eigenvalue weighted by molar-refractivity contribution is 5.83. The molecule has 3 N–H and O–H groups in total. The number of carbonyl (C=O) groups excluding carboxylic acids is 2. The highest BCUT2D eigenvalue weighted by atomic mass is 16.3. The summed E-state index contributed by atoms with van der Waals surface area (Å²) in [7, 11) is 0. The van der Waals surface area contributed by atoms with Crippen LogP contribution in [0.5, 0.6) is 0 Å². The van der Waals surface area contributed by atoms with Crippen LogP contribution in [0.1, 0.15) is 50.0 Å². The molecular weight excluding hydrogens is 342 g/mol. The first-order chi connectivity index (χ1) is 13.2. The van der Waals surface area contributed by atoms with Gasteiger partial charge in [0.1, 0.15) is 0 Å². The fourth-order valence-corrected chi connectivity index (χ4v) is 4.67. The minimum Gasteiger partial charge on any atom is -0.394 e. The second kappa shape index (κ2) is 7.89. The number of aliphatic hydroxyl groups is 1. The topological polar surface area (TPSA) is 81.7 Å². The van der Waals surface area contributed by atoms with E-state index < -0.39 is 0 Å². The van der Waals surface area contributed by atoms with E-state index in [-0.39, 0.29) is 48.5 Å². The number of benzene rings is 1. The molecule has 3 fully saturated rings. The smallest absolute Gasteiger partial charge is 0.315 e. The SMILES string of the molecule is O=C(NC[C@@H]1[C@H](c2ccccc2)[C@@H](CO)N1C(=O)C1CC1)NC1CCCC1. The zero-order valence-electron chi connectivity index (χ0n) is 15.6. The lowest BCUT2D eigenvalue weighted by atomic mass is 9.74. The van der Waals surface area contributed by atoms with Crippen molar-refractivity contribution < 1.29 is 14.7 Å². The molecule has 6 nitrogen and oxygen atoms in total. The third-order valence-electron chi connectivity index (χ3n) is 6.26. The minimum atomic E-state index is -0.204. The van der Waals surface area contributed by atoms with Gasteiger partial charge in [0.2, 0.25) is 5.91 Å². The van der Waals surface area contributed by atoms with Gasteiger partial charge in [0.15, 0.2) is 0 Å². The normalized spacial score (nSPS) is 27.9. The molecule has 1 heterocycles. The van der Waals surface area contributed by atoms with E-state index in [0.717, 1.165) is 31.2 Å². The molecule has 0 unspecified atom stereocenters. The van der Waals surface area contributed by atoms with Gasteiger partial charge in [0.05, 0.1) is 18.7 Å². The van der Waals surface area contributed by atoms with Gasteiger partial charge in [-0.15, -0.1) is 0 Å². The van der Waals surface area contributed by atoms with Crippen LogP contribution in [0, 0.1) is 5.92 Å². The molecule has 3 aliphatic rings. The zero-order valence-corrected chi connectivity index (χ0v) is 15.6. The molecule has 0 spiro atoms. The number of nitrogens with zero attached hydrogens (tertiary/aromatic N) is 1. The van der Waals surface area contributed by atoms with Gasteiger partial charge < -0.3 is 20.6 Å². The molecule has 1 saturated heterocycles. The van der Waals surface area contributed by atoms with Crippen molar-refractivity contribution in [2.75, 3.05) is 13.2 Å². The first kappa shape index (κ1) is 18.3. The zero-order chi connectivity index (χ0) is 18.8. The largest absolute Gasteiger partial charge is 0.394 e. The predicted molar refractivity (Wildman–Crippen MR) is 102 cm³/mol. The molecule has 1 aliphatic heterocycles. The van der Waals surface area contributed by atoms with Crippen LogP contribution in [0.15, 0.2) is 30.3 Å². The average molecular weight is 371 g/mol. The van der Waals surface area contributed by atoms with Gasteiger partial charge in [0, 0.05) is 24.4 Å². The Hall–Kier alpha value is -2.08. The van der Waals surface area contributed by atoms with Crippen LogP contribution in [0.2, 0.25) is 0 Å². The Bertz CT molecular complexity index is 671. The first-order valence-corrected chi connectivity index (χ1v) is 10.2. The number of rotatable bonds is 6. The summed E-state index contributed by atoms with van der Waals surface area (Å²) in [6.07, 6.45) is 6.30. The van der Waals surface area contributed by atoms with Gasteiger partial charge >= 0.3 is 6.03 Å². The molecule has 1 aromatic carbocycles. The van der Waals surface area contributed by atoms with Crippen molar-refractivity contribution in [2.24, 2.45) is 5.92 Å². The fourth-order valence-electron chi connectivity index (χ4n) is 4.67. The number of amides is 3. The van der Waals surface area contributed by atoms with Gasteiger partial charge in [-0.25, -0.2) is 4.79 Å². The van der Waals surface area contributed by atoms with E-state index >= 15 is 0 Å². The van der Waals surface area contributed by atoms with Crippen LogP contribution >= 0.6 is 0 Å². The quantitative estimate of drug-likeness (QED) is 0.715. The Balaban J connectivity index is 1.44. The van der Waals surface area contributed by atoms with Gasteiger partial charge in [-0.2, -0.15) is 0 Å². The van der Waals surface area contributed by atoms with Crippen molar-refractivity contribution in [1.29, 1.82) is 0 Å². The summed E-state index contributed by atoms with van der Waals surface area (Å²) in [5.41, 5.74) is 1.11. The number of hydrogen-bond donors (Lipinski definition) is 3. The fraction of sp³-hybridized carbons (Fsp3) is 0.619. The highest BCUT2D eigenvalue weighted by Crippen LogP contribution is 2.44. The van der Waals surface area contributed by atoms with Crippen LogP contribution in [0.25, 0.3) is 0 Å². The molecule has 0 bridgehead atoms. The van der Waals surface area contributed by atoms with Gasteiger partial charge in [0.25, 0.3) is 0 Å². The molecule has 3 atom stereocenters. The van der Waals surface area contributed by atoms with E-state index in [9.17, 15) is 14.7 Å². The summed E-state index contributed by atoms with van der Waals surface area (Å²) in [5.74, 6) is 0.278. The van der Waals surface area contributed by atoms with E-state index in [4.69, 9.17) is 0 Å². The molecule has 2 saturated carbocycles. The van der Waals surface area contributed by atoms with Crippen LogP contribution < -0.4 is 10.6 Å². The number of nitrogens with one attached hydrogen (secondary N) is 2. The third-order valence-corrected chi connectivity index (χ3v) is 6.26. The molecular formula is C21H29N3O3. The highest BCUT2D eigenvalue weighted by Gasteiger charge is 2.53. The molecule has 0 radical (unpaired) electrons. The molecule has 6 heteroatoms. The first-order valence-electron chi connectivity index (χ1n) is 10.2. The van der Waals surface area contributed by atoms with Gasteiger partial charge in [-0.3, -0.25) is 4.79 Å². The summed E-state index contributed by atoms with van der Waals surface area (Å²) in [5, 5.41) is 15.9. The maximum atomic E-state index is 12.8. The Labute approximate surface area is 160 Å². The monoisotopic (exact) mass is 371 g/mol. The van der Waals surface area contributed by atoms with Crippen molar-refractivity contribution in [3.8, 4) is 0 Å². The van der Waals surface area contributed by atoms with Gasteiger partial charge in [-0.1, -0.05) is 43.2 Å². The Morgan fingerprint density at radius 1 is 1.04 bits per heavy atom. The molecule has 0 aromatic heterocycles. The summed E-state index contributed by atoms with van der Waals surface area (Å²) >= 11 is 0. The maximum Gasteiger partial charge on any atom is 0.315 e. The summed E-state index contributed by atoms with van der Waals surface area (Å²) in [6.45, 7) is 0.357. The Kier molecular flexibility index (Phi) is 5.34. The van der Waals surface area contributed by atoms with E-state index in [1.807, 2.05) is 35.2 Å². The van der Waals surface area contributed by atoms with Crippen LogP contribution in [0.3, 0.4) is 0 Å². The summed E-state index contributed by atoms with van der Waals surface area (Å²) < 4.78 is 0. The number of hydrogen-bond acceptors (Lipinski definition) is 3. The number of aliphatic hydroxyl groups excluding tert-OH is 1. The summed E-state index contributed by atoms with van der Waals surface area (Å²) in [6, 6.07) is 9.81. The lowest BCUT2D eigenvalue weighted by molar-refractivity contribution is -0.151. The third kappa shape index (κ3) is 3.81. The number of likely N-dealkylation sites (tertiary alicyclic amines) is 1. The van der Waals surface area contributed by atoms with Crippen LogP contribution in [0.4, 0.5) is 4.79 Å². The van der Waals surface area contributed by atoms with Crippen LogP contribution in [-0.4, -0.2) is 53.2 Å². The lowest BCUT2D eigenvalue weighted by Crippen LogP contribution is -2.69. The standard InChI is InChI=1S/C21H29N3O3/c25-13-18-19(14-6-2-1-3-7-14)17(24(18)20(26)15-10-11-15)12-22-21(27)23-16-8-4-5-9-16/h1-3,6-7,15-19,25H,4-5,8-13H2,(H2,22,23,27)/t17-,18-,19+/m1/s1. The second-order valence-electron chi connectivity index (χ2n) is 8.11. The second-order valence-corrected chi connectivity index (χ2v) is 8.11. The molecule has 1 aromatic rings. The van der Waals surface area contributed by atoms with Gasteiger partial charge in [-0.05, 0) is 31.2 Å². The van der Waals surface area contributed by atoms with Crippen molar-refractivity contribution in [1.82, 2.24) is 15.5 Å². The Morgan fingerprint density at radius 2 is 1.74 bits per heavy atom.